The molecule has 0 amide bonds. The van der Waals surface area contributed by atoms with E-state index in [1.54, 1.807) is 58.9 Å². The largest absolute Gasteiger partial charge is 0.205 e. The van der Waals surface area contributed by atoms with Crippen molar-refractivity contribution in [3.8, 4) is 0 Å². The summed E-state index contributed by atoms with van der Waals surface area (Å²) >= 11 is 30.4. The van der Waals surface area contributed by atoms with Crippen molar-refractivity contribution in [3.05, 3.63) is 240 Å². The van der Waals surface area contributed by atoms with Crippen LogP contribution in [0.15, 0.2) is 84.9 Å². The van der Waals surface area contributed by atoms with Crippen molar-refractivity contribution in [1.29, 1.82) is 0 Å². The Labute approximate surface area is 819 Å². The fraction of sp³-hybridized carbons (Fsp3) is 0.638. The van der Waals surface area contributed by atoms with E-state index in [-0.39, 0.29) is 55.2 Å². The lowest BCUT2D eigenvalue weighted by atomic mass is 9.68. The lowest BCUT2D eigenvalue weighted by Gasteiger charge is -2.37. The summed E-state index contributed by atoms with van der Waals surface area (Å²) in [6.45, 7) is 28.5. The monoisotopic (exact) mass is 1920 g/mol. The summed E-state index contributed by atoms with van der Waals surface area (Å²) in [4.78, 5) is 0. The Kier molecular flexibility index (Phi) is 41.2. The maximum absolute atomic E-state index is 14.2. The standard InChI is InChI=1S/C20H28ClF.2C20H28F2.4C14H18ClF.10H2/c1-13-3-6-15(7-4-13)16-8-10-17(11-9-16)18-12-5-14(2)20(22)19(18)21;2*1-13-3-6-15(7-4-13)16-8-10-17(11-9-16)18-12-5-14(2)19(21)20(18)22;2*1-9-3-6-11(7-4-9)12-8-5-10(2)14(16)13(12)15;2*1-9-3-6-11(7-4-9)12-8-5-10(2)13(15)14(12)16;;;;;;;;;;/h3*5,12-13,15-17H,3-4,6-11H2,1-2H3;4*5,8-9,11H,3-4,6-7H2,1-2H3;10*1H. The molecule has 0 N–H and O–H groups in total. The fourth-order valence-corrected chi connectivity index (χ4v) is 25.5. The molecule has 0 heterocycles. The zero-order valence-corrected chi connectivity index (χ0v) is 85.0. The van der Waals surface area contributed by atoms with Crippen molar-refractivity contribution in [1.82, 2.24) is 0 Å². The first kappa shape index (κ1) is 106. The minimum absolute atomic E-state index is 0. The zero-order chi connectivity index (χ0) is 93.9. The third-order valence-corrected chi connectivity index (χ3v) is 35.9. The van der Waals surface area contributed by atoms with E-state index in [2.05, 4.69) is 48.5 Å². The molecule has 0 atom stereocenters. The molecule has 130 heavy (non-hydrogen) atoms. The number of halogens is 14. The minimum Gasteiger partial charge on any atom is -0.205 e. The van der Waals surface area contributed by atoms with Crippen molar-refractivity contribution in [2.75, 3.05) is 0 Å². The van der Waals surface area contributed by atoms with E-state index in [0.29, 0.717) is 93.6 Å². The van der Waals surface area contributed by atoms with Gasteiger partial charge in [-0.1, -0.05) is 281 Å². The van der Waals surface area contributed by atoms with Gasteiger partial charge in [-0.15, -0.1) is 0 Å². The highest BCUT2D eigenvalue weighted by molar-refractivity contribution is 6.33. The Hall–Kier alpha value is -4.64. The van der Waals surface area contributed by atoms with E-state index in [1.165, 1.54) is 180 Å². The van der Waals surface area contributed by atoms with Crippen LogP contribution in [0.4, 0.5) is 39.5 Å². The van der Waals surface area contributed by atoms with E-state index < -0.39 is 23.3 Å². The first-order valence-corrected chi connectivity index (χ1v) is 53.1. The molecule has 0 radical (unpaired) electrons. The first-order valence-electron chi connectivity index (χ1n) is 51.2. The molecule has 0 aliphatic heterocycles. The average Bonchev–Trinajstić information content (AvgIpc) is 0.802. The van der Waals surface area contributed by atoms with Crippen molar-refractivity contribution in [2.45, 2.75) is 395 Å². The predicted molar refractivity (Wildman–Crippen MR) is 553 cm³/mol. The molecule has 0 spiro atoms. The number of hydrogen-bond donors (Lipinski definition) is 0. The Morgan fingerprint density at radius 2 is 0.300 bits per heavy atom. The van der Waals surface area contributed by atoms with Crippen molar-refractivity contribution in [2.24, 2.45) is 76.9 Å². The van der Waals surface area contributed by atoms with Crippen molar-refractivity contribution in [3.63, 3.8) is 0 Å². The van der Waals surface area contributed by atoms with E-state index in [9.17, 15) is 39.5 Å². The van der Waals surface area contributed by atoms with Crippen molar-refractivity contribution < 1.29 is 53.8 Å². The van der Waals surface area contributed by atoms with Crippen LogP contribution in [0.1, 0.15) is 439 Å². The average molecular weight is 1920 g/mol. The predicted octanol–water partition coefficient (Wildman–Crippen LogP) is 42.4. The molecule has 14 heteroatoms. The van der Waals surface area contributed by atoms with Crippen molar-refractivity contribution >= 4 is 58.0 Å². The van der Waals surface area contributed by atoms with Gasteiger partial charge >= 0.3 is 0 Å². The summed E-state index contributed by atoms with van der Waals surface area (Å²) in [6.07, 6.45) is 49.2. The fourth-order valence-electron chi connectivity index (χ4n) is 24.1. The van der Waals surface area contributed by atoms with Gasteiger partial charge in [0.25, 0.3) is 0 Å². The molecule has 10 aliphatic rings. The second kappa shape index (κ2) is 50.6. The molecule has 17 rings (SSSR count). The van der Waals surface area contributed by atoms with Gasteiger partial charge in [-0.05, 0) is 412 Å². The number of hydrogen-bond acceptors (Lipinski definition) is 0. The van der Waals surface area contributed by atoms with E-state index in [4.69, 9.17) is 58.0 Å². The summed E-state index contributed by atoms with van der Waals surface area (Å²) in [7, 11) is 0. The Balaban J connectivity index is 0.000000811. The third kappa shape index (κ3) is 28.5. The molecule has 738 valence electrons. The molecule has 10 saturated carbocycles. The molecular formula is C116H176Cl5F9. The van der Waals surface area contributed by atoms with Crippen LogP contribution >= 0.6 is 58.0 Å². The smallest absolute Gasteiger partial charge is 0.162 e. The van der Waals surface area contributed by atoms with E-state index in [0.717, 1.165) is 193 Å². The van der Waals surface area contributed by atoms with Crippen LogP contribution in [0.3, 0.4) is 0 Å². The zero-order valence-electron chi connectivity index (χ0n) is 81.2. The molecule has 10 fully saturated rings. The van der Waals surface area contributed by atoms with Gasteiger partial charge < -0.3 is 0 Å². The molecule has 0 bridgehead atoms. The highest BCUT2D eigenvalue weighted by atomic mass is 35.5. The van der Waals surface area contributed by atoms with Crippen LogP contribution in [0.25, 0.3) is 0 Å². The van der Waals surface area contributed by atoms with Crippen LogP contribution in [-0.2, 0) is 0 Å². The summed E-state index contributed by atoms with van der Waals surface area (Å²) in [5.41, 5.74) is 10.3. The van der Waals surface area contributed by atoms with Gasteiger partial charge in [-0.25, -0.2) is 39.5 Å². The topological polar surface area (TPSA) is 0 Å². The van der Waals surface area contributed by atoms with Gasteiger partial charge in [0, 0.05) is 14.3 Å². The van der Waals surface area contributed by atoms with Crippen LogP contribution in [0.5, 0.6) is 0 Å². The summed E-state index contributed by atoms with van der Waals surface area (Å²) in [5, 5.41) is 1.67. The van der Waals surface area contributed by atoms with Gasteiger partial charge in [0.05, 0.1) is 25.1 Å². The summed E-state index contributed by atoms with van der Waals surface area (Å²) in [5.74, 6) is 10.2. The van der Waals surface area contributed by atoms with Gasteiger partial charge in [0.2, 0.25) is 0 Å². The van der Waals surface area contributed by atoms with Crippen LogP contribution < -0.4 is 0 Å². The maximum atomic E-state index is 14.2. The van der Waals surface area contributed by atoms with Gasteiger partial charge in [0.1, 0.15) is 29.1 Å². The molecule has 0 aromatic heterocycles. The molecule has 7 aromatic carbocycles. The number of aryl methyl sites for hydroxylation is 7. The lowest BCUT2D eigenvalue weighted by molar-refractivity contribution is 0.164. The molecule has 10 aliphatic carbocycles. The van der Waals surface area contributed by atoms with Crippen LogP contribution in [-0.4, -0.2) is 0 Å². The Morgan fingerprint density at radius 1 is 0.162 bits per heavy atom. The quantitative estimate of drug-likeness (QED) is 0.120. The molecule has 0 nitrogen and oxygen atoms in total. The summed E-state index contributed by atoms with van der Waals surface area (Å²) < 4.78 is 125. The SMILES string of the molecule is Cc1ccc(C2CCC(C)CC2)c(Cl)c1F.Cc1ccc(C2CCC(C)CC2)c(Cl)c1F.Cc1ccc(C2CCC(C)CC2)c(F)c1Cl.Cc1ccc(C2CCC(C)CC2)c(F)c1Cl.Cc1ccc(C2CCC(C3CCC(C)CC3)CC2)c(Cl)c1F.Cc1ccc(C2CCC(C3CCC(C)CC3)CC2)c(F)c1F.Cc1ccc(C2CCC(C3CCC(C)CC3)CC2)c(F)c1F.[HH].[HH].[HH].[HH].[HH].[HH].[HH].[HH].[HH].[HH]. The second-order valence-electron chi connectivity index (χ2n) is 43.4. The summed E-state index contributed by atoms with van der Waals surface area (Å²) in [6, 6.07) is 26.4. The minimum atomic E-state index is -0.652. The van der Waals surface area contributed by atoms with Gasteiger partial charge in [-0.2, -0.15) is 0 Å². The third-order valence-electron chi connectivity index (χ3n) is 33.8. The van der Waals surface area contributed by atoms with Gasteiger partial charge in [-0.3, -0.25) is 0 Å². The van der Waals surface area contributed by atoms with E-state index >= 15 is 0 Å². The Bertz CT molecular complexity index is 4210. The molecular weight excluding hydrogens is 1740 g/mol. The van der Waals surface area contributed by atoms with Gasteiger partial charge in [0.15, 0.2) is 23.3 Å². The highest BCUT2D eigenvalue weighted by Gasteiger charge is 2.37. The van der Waals surface area contributed by atoms with Crippen LogP contribution in [0, 0.1) is 178 Å². The maximum Gasteiger partial charge on any atom is 0.162 e. The second-order valence-corrected chi connectivity index (χ2v) is 45.3. The molecule has 0 unspecified atom stereocenters. The lowest BCUT2D eigenvalue weighted by Crippen LogP contribution is -2.25. The van der Waals surface area contributed by atoms with Crippen LogP contribution in [0.2, 0.25) is 25.1 Å². The first-order chi connectivity index (χ1) is 62.0. The van der Waals surface area contributed by atoms with E-state index in [1.807, 2.05) is 74.5 Å². The highest BCUT2D eigenvalue weighted by Crippen LogP contribution is 2.51. The normalized spacial score (nSPS) is 29.4. The number of rotatable bonds is 10. The number of benzene rings is 7. The molecule has 0 saturated heterocycles. The molecule has 7 aromatic rings. The Morgan fingerprint density at radius 3 is 0.500 bits per heavy atom.